The zero-order chi connectivity index (χ0) is 28.4. The lowest BCUT2D eigenvalue weighted by Crippen LogP contribution is -2.50. The van der Waals surface area contributed by atoms with E-state index < -0.39 is 18.3 Å². The summed E-state index contributed by atoms with van der Waals surface area (Å²) >= 11 is 0. The molecule has 0 amide bonds. The van der Waals surface area contributed by atoms with Crippen LogP contribution >= 0.6 is 0 Å². The molecule has 0 saturated heterocycles. The summed E-state index contributed by atoms with van der Waals surface area (Å²) in [6, 6.07) is 40.4. The molecule has 5 aromatic rings. The fourth-order valence-corrected chi connectivity index (χ4v) is 5.31. The van der Waals surface area contributed by atoms with E-state index >= 15 is 0 Å². The van der Waals surface area contributed by atoms with Crippen LogP contribution in [0.1, 0.15) is 40.1 Å². The molecular formula is C35H35N3O4. The Morgan fingerprint density at radius 2 is 0.976 bits per heavy atom. The highest BCUT2D eigenvalue weighted by Gasteiger charge is 2.46. The molecule has 1 aromatic heterocycles. The van der Waals surface area contributed by atoms with Crippen molar-refractivity contribution >= 4 is 0 Å². The van der Waals surface area contributed by atoms with E-state index in [1.807, 2.05) is 77.5 Å². The Kier molecular flexibility index (Phi) is 9.44. The Morgan fingerprint density at radius 3 is 1.50 bits per heavy atom. The molecule has 6 rings (SSSR count). The molecule has 0 spiro atoms. The van der Waals surface area contributed by atoms with Crippen molar-refractivity contribution in [2.24, 2.45) is 0 Å². The van der Waals surface area contributed by atoms with Crippen molar-refractivity contribution in [1.82, 2.24) is 15.0 Å². The predicted molar refractivity (Wildman–Crippen MR) is 159 cm³/mol. The number of nitrogens with zero attached hydrogens (tertiary/aromatic N) is 3. The number of benzene rings is 4. The van der Waals surface area contributed by atoms with Crippen LogP contribution in [0.15, 0.2) is 128 Å². The van der Waals surface area contributed by atoms with Gasteiger partial charge < -0.3 is 18.9 Å². The van der Waals surface area contributed by atoms with Crippen molar-refractivity contribution < 1.29 is 18.9 Å². The molecule has 7 heteroatoms. The first-order chi connectivity index (χ1) is 20.8. The van der Waals surface area contributed by atoms with Crippen molar-refractivity contribution in [2.45, 2.75) is 50.8 Å². The molecule has 0 aliphatic carbocycles. The zero-order valence-corrected chi connectivity index (χ0v) is 23.4. The van der Waals surface area contributed by atoms with Gasteiger partial charge in [0.2, 0.25) is 0 Å². The number of hydrogen-bond donors (Lipinski definition) is 0. The van der Waals surface area contributed by atoms with Crippen LogP contribution < -0.4 is 0 Å². The smallest absolute Gasteiger partial charge is 0.130 e. The predicted octanol–water partition coefficient (Wildman–Crippen LogP) is 6.48. The average Bonchev–Trinajstić information content (AvgIpc) is 3.54. The van der Waals surface area contributed by atoms with Gasteiger partial charge in [-0.25, -0.2) is 4.68 Å². The van der Waals surface area contributed by atoms with Crippen LogP contribution in [0.5, 0.6) is 0 Å². The Hall–Kier alpha value is -4.14. The molecule has 1 aliphatic heterocycles. The third kappa shape index (κ3) is 7.01. The first-order valence-electron chi connectivity index (χ1n) is 14.3. The number of hydrogen-bond acceptors (Lipinski definition) is 6. The van der Waals surface area contributed by atoms with Crippen LogP contribution in [-0.2, 0) is 45.4 Å². The minimum absolute atomic E-state index is 0.271. The fourth-order valence-electron chi connectivity index (χ4n) is 5.31. The van der Waals surface area contributed by atoms with Crippen molar-refractivity contribution in [1.29, 1.82) is 0 Å². The normalized spacial score (nSPS) is 19.8. The molecule has 0 unspecified atom stereocenters. The molecule has 0 bridgehead atoms. The van der Waals surface area contributed by atoms with E-state index in [4.69, 9.17) is 18.9 Å². The molecule has 4 aromatic carbocycles. The third-order valence-corrected chi connectivity index (χ3v) is 7.45. The van der Waals surface area contributed by atoms with Crippen LogP contribution in [0, 0.1) is 0 Å². The summed E-state index contributed by atoms with van der Waals surface area (Å²) in [7, 11) is 0. The second kappa shape index (κ2) is 14.2. The summed E-state index contributed by atoms with van der Waals surface area (Å²) in [5.74, 6) is 0. The van der Waals surface area contributed by atoms with Gasteiger partial charge in [-0.3, -0.25) is 0 Å². The van der Waals surface area contributed by atoms with Crippen LogP contribution in [0.4, 0.5) is 0 Å². The molecule has 0 saturated carbocycles. The Labute approximate surface area is 246 Å². The van der Waals surface area contributed by atoms with Crippen LogP contribution in [0.3, 0.4) is 0 Å². The van der Waals surface area contributed by atoms with Gasteiger partial charge in [0.05, 0.1) is 44.9 Å². The quantitative estimate of drug-likeness (QED) is 0.164. The second-order valence-electron chi connectivity index (χ2n) is 10.4. The number of fused-ring (bicyclic) bond motifs is 1. The molecule has 2 heterocycles. The molecule has 1 aliphatic rings. The molecule has 214 valence electrons. The van der Waals surface area contributed by atoms with Gasteiger partial charge in [0.25, 0.3) is 0 Å². The van der Waals surface area contributed by atoms with Gasteiger partial charge in [-0.15, -0.1) is 5.10 Å². The van der Waals surface area contributed by atoms with E-state index in [2.05, 4.69) is 58.8 Å². The summed E-state index contributed by atoms with van der Waals surface area (Å²) in [4.78, 5) is 0. The van der Waals surface area contributed by atoms with E-state index in [0.717, 1.165) is 27.9 Å². The van der Waals surface area contributed by atoms with Gasteiger partial charge in [0.15, 0.2) is 0 Å². The first kappa shape index (κ1) is 28.0. The summed E-state index contributed by atoms with van der Waals surface area (Å²) in [6.07, 6.45) is 0.468. The van der Waals surface area contributed by atoms with E-state index in [-0.39, 0.29) is 6.04 Å². The zero-order valence-electron chi connectivity index (χ0n) is 23.4. The highest BCUT2D eigenvalue weighted by Crippen LogP contribution is 2.39. The molecule has 42 heavy (non-hydrogen) atoms. The van der Waals surface area contributed by atoms with Gasteiger partial charge in [-0.1, -0.05) is 127 Å². The highest BCUT2D eigenvalue weighted by molar-refractivity contribution is 5.18. The van der Waals surface area contributed by atoms with Crippen molar-refractivity contribution in [2.75, 3.05) is 6.61 Å². The largest absolute Gasteiger partial charge is 0.374 e. The molecule has 0 radical (unpaired) electrons. The lowest BCUT2D eigenvalue weighted by Gasteiger charge is -2.42. The summed E-state index contributed by atoms with van der Waals surface area (Å²) in [6.45, 7) is 2.11. The van der Waals surface area contributed by atoms with E-state index in [1.54, 1.807) is 6.20 Å². The Morgan fingerprint density at radius 1 is 0.524 bits per heavy atom. The number of aromatic nitrogens is 3. The van der Waals surface area contributed by atoms with Gasteiger partial charge in [0, 0.05) is 0 Å². The van der Waals surface area contributed by atoms with Crippen molar-refractivity contribution in [3.8, 4) is 0 Å². The summed E-state index contributed by atoms with van der Waals surface area (Å²) in [5.41, 5.74) is 5.18. The monoisotopic (exact) mass is 561 g/mol. The minimum Gasteiger partial charge on any atom is -0.374 e. The number of rotatable bonds is 13. The Bertz CT molecular complexity index is 1480. The minimum atomic E-state index is -0.449. The molecule has 4 atom stereocenters. The maximum absolute atomic E-state index is 6.72. The van der Waals surface area contributed by atoms with E-state index in [1.165, 1.54) is 0 Å². The van der Waals surface area contributed by atoms with Gasteiger partial charge >= 0.3 is 0 Å². The number of ether oxygens (including phenoxy) is 4. The Balaban J connectivity index is 1.30. The van der Waals surface area contributed by atoms with Crippen LogP contribution in [0.25, 0.3) is 0 Å². The van der Waals surface area contributed by atoms with Gasteiger partial charge in [-0.05, 0) is 22.3 Å². The summed E-state index contributed by atoms with van der Waals surface area (Å²) in [5, 5.41) is 8.80. The van der Waals surface area contributed by atoms with Crippen LogP contribution in [0.2, 0.25) is 0 Å². The first-order valence-corrected chi connectivity index (χ1v) is 14.3. The van der Waals surface area contributed by atoms with Crippen LogP contribution in [-0.4, -0.2) is 33.8 Å². The molecular weight excluding hydrogens is 526 g/mol. The fraction of sp³-hybridized carbons (Fsp3) is 0.257. The third-order valence-electron chi connectivity index (χ3n) is 7.45. The van der Waals surface area contributed by atoms with E-state index in [9.17, 15) is 0 Å². The molecule has 0 fully saturated rings. The molecule has 0 N–H and O–H groups in total. The molecule has 7 nitrogen and oxygen atoms in total. The topological polar surface area (TPSA) is 67.6 Å². The van der Waals surface area contributed by atoms with Crippen molar-refractivity contribution in [3.63, 3.8) is 0 Å². The second-order valence-corrected chi connectivity index (χ2v) is 10.4. The standard InChI is InChI=1S/C35H35N3O4/c1-5-13-27(14-6-1)22-39-26-32-34(41-24-29-17-9-3-10-18-29)35(42-25-30-19-11-4-12-20-30)33(31-21-36-37-38(31)32)40-23-28-15-7-2-8-16-28/h1-21,32-35H,22-26H2/t32-,33+,34-,35-/m1/s1. The highest BCUT2D eigenvalue weighted by atomic mass is 16.6. The maximum Gasteiger partial charge on any atom is 0.130 e. The summed E-state index contributed by atoms with van der Waals surface area (Å²) < 4.78 is 28.2. The average molecular weight is 562 g/mol. The maximum atomic E-state index is 6.72. The van der Waals surface area contributed by atoms with Crippen molar-refractivity contribution in [3.05, 3.63) is 155 Å². The van der Waals surface area contributed by atoms with E-state index in [0.29, 0.717) is 33.0 Å². The van der Waals surface area contributed by atoms with Gasteiger partial charge in [0.1, 0.15) is 24.4 Å². The SMILES string of the molecule is c1ccc(COC[C@@H]2[C@@H](OCc3ccccc3)[C@H](OCc3ccccc3)[C@@H](OCc3ccccc3)c3cnnn32)cc1. The van der Waals surface area contributed by atoms with Gasteiger partial charge in [-0.2, -0.15) is 0 Å². The lowest BCUT2D eigenvalue weighted by atomic mass is 9.93. The lowest BCUT2D eigenvalue weighted by molar-refractivity contribution is -0.189.